The molecule has 0 spiro atoms. The summed E-state index contributed by atoms with van der Waals surface area (Å²) in [5.74, 6) is 2.32. The molecule has 2 rings (SSSR count). The molecule has 0 amide bonds. The van der Waals surface area contributed by atoms with Crippen LogP contribution >= 0.6 is 0 Å². The lowest BCUT2D eigenvalue weighted by atomic mass is 9.91. The van der Waals surface area contributed by atoms with E-state index in [0.29, 0.717) is 12.3 Å². The quantitative estimate of drug-likeness (QED) is 0.712. The third kappa shape index (κ3) is 4.05. The summed E-state index contributed by atoms with van der Waals surface area (Å²) in [6.07, 6.45) is 8.06. The van der Waals surface area contributed by atoms with Crippen molar-refractivity contribution in [2.24, 2.45) is 17.8 Å². The first-order valence-corrected chi connectivity index (χ1v) is 7.42. The van der Waals surface area contributed by atoms with E-state index in [4.69, 9.17) is 0 Å². The molecule has 0 aromatic heterocycles. The second kappa shape index (κ2) is 6.70. The number of carbonyl (C=O) groups is 1. The van der Waals surface area contributed by atoms with E-state index in [1.807, 2.05) is 24.3 Å². The van der Waals surface area contributed by atoms with E-state index in [-0.39, 0.29) is 5.78 Å². The largest absolute Gasteiger partial charge is 0.295 e. The fourth-order valence-electron chi connectivity index (χ4n) is 3.06. The van der Waals surface area contributed by atoms with E-state index < -0.39 is 0 Å². The monoisotopic (exact) mass is 256 g/mol. The molecule has 1 aromatic carbocycles. The number of benzene rings is 1. The maximum absolute atomic E-state index is 11.9. The SMILES string of the molecule is C[C@@H]1CC[C@H](C)C1/C=C/C(=O)CCc1ccccc1. The lowest BCUT2D eigenvalue weighted by Crippen LogP contribution is -2.08. The predicted octanol–water partition coefficient (Wildman–Crippen LogP) is 4.43. The van der Waals surface area contributed by atoms with Crippen LogP contribution in [0.3, 0.4) is 0 Å². The minimum atomic E-state index is 0.259. The molecule has 0 bridgehead atoms. The van der Waals surface area contributed by atoms with Gasteiger partial charge in [0.25, 0.3) is 0 Å². The first-order chi connectivity index (χ1) is 9.16. The van der Waals surface area contributed by atoms with E-state index in [1.165, 1.54) is 18.4 Å². The minimum Gasteiger partial charge on any atom is -0.295 e. The Hall–Kier alpha value is -1.37. The number of aryl methyl sites for hydroxylation is 1. The number of hydrogen-bond acceptors (Lipinski definition) is 1. The molecule has 1 unspecified atom stereocenters. The minimum absolute atomic E-state index is 0.259. The average molecular weight is 256 g/mol. The highest BCUT2D eigenvalue weighted by Crippen LogP contribution is 2.37. The van der Waals surface area contributed by atoms with Crippen molar-refractivity contribution in [3.63, 3.8) is 0 Å². The zero-order chi connectivity index (χ0) is 13.7. The van der Waals surface area contributed by atoms with Gasteiger partial charge in [0.15, 0.2) is 5.78 Å². The zero-order valence-electron chi connectivity index (χ0n) is 12.0. The third-order valence-corrected chi connectivity index (χ3v) is 4.40. The van der Waals surface area contributed by atoms with Gasteiger partial charge in [-0.1, -0.05) is 50.3 Å². The first-order valence-electron chi connectivity index (χ1n) is 7.42. The molecule has 1 fully saturated rings. The fraction of sp³-hybridized carbons (Fsp3) is 0.500. The second-order valence-electron chi connectivity index (χ2n) is 5.92. The van der Waals surface area contributed by atoms with E-state index in [0.717, 1.165) is 18.3 Å². The lowest BCUT2D eigenvalue weighted by molar-refractivity contribution is -0.114. The Labute approximate surface area is 116 Å². The fourth-order valence-corrected chi connectivity index (χ4v) is 3.06. The predicted molar refractivity (Wildman–Crippen MR) is 80.0 cm³/mol. The topological polar surface area (TPSA) is 17.1 Å². The van der Waals surface area contributed by atoms with Crippen molar-refractivity contribution in [1.82, 2.24) is 0 Å². The van der Waals surface area contributed by atoms with Crippen molar-refractivity contribution in [1.29, 1.82) is 0 Å². The van der Waals surface area contributed by atoms with Gasteiger partial charge in [-0.2, -0.15) is 0 Å². The summed E-state index contributed by atoms with van der Waals surface area (Å²) in [6.45, 7) is 4.60. The summed E-state index contributed by atoms with van der Waals surface area (Å²) < 4.78 is 0. The van der Waals surface area contributed by atoms with Gasteiger partial charge >= 0.3 is 0 Å². The highest BCUT2D eigenvalue weighted by Gasteiger charge is 2.27. The van der Waals surface area contributed by atoms with E-state index >= 15 is 0 Å². The van der Waals surface area contributed by atoms with Crippen LogP contribution in [0, 0.1) is 17.8 Å². The Bertz CT molecular complexity index is 422. The van der Waals surface area contributed by atoms with Gasteiger partial charge in [-0.25, -0.2) is 0 Å². The smallest absolute Gasteiger partial charge is 0.155 e. The summed E-state index contributed by atoms with van der Waals surface area (Å²) in [6, 6.07) is 10.2. The van der Waals surface area contributed by atoms with Crippen molar-refractivity contribution >= 4 is 5.78 Å². The molecule has 0 aliphatic heterocycles. The van der Waals surface area contributed by atoms with Gasteiger partial charge in [-0.3, -0.25) is 4.79 Å². The molecule has 0 N–H and O–H groups in total. The van der Waals surface area contributed by atoms with Crippen molar-refractivity contribution in [2.75, 3.05) is 0 Å². The van der Waals surface area contributed by atoms with Gasteiger partial charge in [0.05, 0.1) is 0 Å². The van der Waals surface area contributed by atoms with Crippen LogP contribution in [-0.2, 0) is 11.2 Å². The van der Waals surface area contributed by atoms with Gasteiger partial charge in [0.2, 0.25) is 0 Å². The maximum Gasteiger partial charge on any atom is 0.155 e. The number of hydrogen-bond donors (Lipinski definition) is 0. The molecule has 0 saturated heterocycles. The molecule has 3 atom stereocenters. The summed E-state index contributed by atoms with van der Waals surface area (Å²) in [5, 5.41) is 0. The van der Waals surface area contributed by atoms with Gasteiger partial charge < -0.3 is 0 Å². The van der Waals surface area contributed by atoms with Gasteiger partial charge in [0, 0.05) is 6.42 Å². The molecule has 1 aliphatic carbocycles. The molecule has 102 valence electrons. The van der Waals surface area contributed by atoms with Crippen molar-refractivity contribution in [2.45, 2.75) is 39.5 Å². The molecule has 1 aliphatic rings. The number of rotatable bonds is 5. The molecule has 0 heterocycles. The second-order valence-corrected chi connectivity index (χ2v) is 5.92. The summed E-state index contributed by atoms with van der Waals surface area (Å²) in [7, 11) is 0. The highest BCUT2D eigenvalue weighted by molar-refractivity contribution is 5.89. The third-order valence-electron chi connectivity index (χ3n) is 4.40. The Morgan fingerprint density at radius 2 is 1.79 bits per heavy atom. The van der Waals surface area contributed by atoms with Crippen LogP contribution in [0.15, 0.2) is 42.5 Å². The van der Waals surface area contributed by atoms with Gasteiger partial charge in [0.1, 0.15) is 0 Å². The van der Waals surface area contributed by atoms with Crippen molar-refractivity contribution < 1.29 is 4.79 Å². The van der Waals surface area contributed by atoms with Crippen LogP contribution in [-0.4, -0.2) is 5.78 Å². The van der Waals surface area contributed by atoms with Gasteiger partial charge in [-0.15, -0.1) is 0 Å². The molecule has 1 heteroatoms. The van der Waals surface area contributed by atoms with Crippen LogP contribution in [0.25, 0.3) is 0 Å². The molecule has 1 nitrogen and oxygen atoms in total. The van der Waals surface area contributed by atoms with Crippen LogP contribution in [0.1, 0.15) is 38.7 Å². The molecular weight excluding hydrogens is 232 g/mol. The number of carbonyl (C=O) groups excluding carboxylic acids is 1. The van der Waals surface area contributed by atoms with Crippen LogP contribution in [0.4, 0.5) is 0 Å². The van der Waals surface area contributed by atoms with Crippen LogP contribution in [0.5, 0.6) is 0 Å². The zero-order valence-corrected chi connectivity index (χ0v) is 12.0. The Balaban J connectivity index is 1.81. The summed E-state index contributed by atoms with van der Waals surface area (Å²) >= 11 is 0. The molecular formula is C18H24O. The Kier molecular flexibility index (Phi) is 4.95. The lowest BCUT2D eigenvalue weighted by Gasteiger charge is -2.14. The Morgan fingerprint density at radius 1 is 1.16 bits per heavy atom. The van der Waals surface area contributed by atoms with E-state index in [9.17, 15) is 4.79 Å². The first kappa shape index (κ1) is 14.0. The molecule has 1 aromatic rings. The van der Waals surface area contributed by atoms with E-state index in [2.05, 4.69) is 32.1 Å². The summed E-state index contributed by atoms with van der Waals surface area (Å²) in [4.78, 5) is 11.9. The van der Waals surface area contributed by atoms with Crippen molar-refractivity contribution in [3.8, 4) is 0 Å². The molecule has 0 radical (unpaired) electrons. The highest BCUT2D eigenvalue weighted by atomic mass is 16.1. The maximum atomic E-state index is 11.9. The summed E-state index contributed by atoms with van der Waals surface area (Å²) in [5.41, 5.74) is 1.24. The van der Waals surface area contributed by atoms with Crippen LogP contribution in [0.2, 0.25) is 0 Å². The average Bonchev–Trinajstić information content (AvgIpc) is 2.75. The normalized spacial score (nSPS) is 26.9. The van der Waals surface area contributed by atoms with Crippen molar-refractivity contribution in [3.05, 3.63) is 48.0 Å². The van der Waals surface area contributed by atoms with E-state index in [1.54, 1.807) is 0 Å². The number of allylic oxidation sites excluding steroid dienone is 2. The molecule has 1 saturated carbocycles. The number of ketones is 1. The standard InChI is InChI=1S/C18H24O/c1-14-8-9-15(2)18(14)13-12-17(19)11-10-16-6-4-3-5-7-16/h3-7,12-15,18H,8-11H2,1-2H3/b13-12+/t14-,15+,18?. The van der Waals surface area contributed by atoms with Crippen LogP contribution < -0.4 is 0 Å². The molecule has 19 heavy (non-hydrogen) atoms. The Morgan fingerprint density at radius 3 is 2.42 bits per heavy atom. The van der Waals surface area contributed by atoms with Gasteiger partial charge in [-0.05, 0) is 48.7 Å².